The Morgan fingerprint density at radius 1 is 1.44 bits per heavy atom. The highest BCUT2D eigenvalue weighted by atomic mass is 35.5. The number of carbonyl (C=O) groups excluding carboxylic acids is 1. The molecule has 3 nitrogen and oxygen atoms in total. The van der Waals surface area contributed by atoms with Crippen molar-refractivity contribution >= 4 is 29.1 Å². The lowest BCUT2D eigenvalue weighted by Crippen LogP contribution is -2.49. The smallest absolute Gasteiger partial charge is 0.258 e. The summed E-state index contributed by atoms with van der Waals surface area (Å²) in [6.45, 7) is 6.67. The first-order valence-electron chi connectivity index (χ1n) is 5.78. The van der Waals surface area contributed by atoms with Crippen LogP contribution in [0.4, 0.5) is 0 Å². The van der Waals surface area contributed by atoms with E-state index in [1.54, 1.807) is 4.90 Å². The van der Waals surface area contributed by atoms with Gasteiger partial charge in [-0.3, -0.25) is 4.79 Å². The van der Waals surface area contributed by atoms with Crippen molar-refractivity contribution in [2.24, 2.45) is 0 Å². The number of nitrogens with zero attached hydrogens (tertiary/aromatic N) is 1. The lowest BCUT2D eigenvalue weighted by molar-refractivity contribution is -0.152. The molecule has 94 valence electrons. The fourth-order valence-electron chi connectivity index (χ4n) is 2.20. The Bertz CT molecular complexity index is 254. The highest BCUT2D eigenvalue weighted by Gasteiger charge is 2.47. The normalized spacial score (nSPS) is 24.1. The third-order valence-electron chi connectivity index (χ3n) is 3.28. The van der Waals surface area contributed by atoms with Crippen LogP contribution in [-0.4, -0.2) is 34.0 Å². The highest BCUT2D eigenvalue weighted by Crippen LogP contribution is 2.35. The second kappa shape index (κ2) is 5.56. The second-order valence-electron chi connectivity index (χ2n) is 4.05. The van der Waals surface area contributed by atoms with E-state index in [-0.39, 0.29) is 12.0 Å². The molecule has 5 heteroatoms. The van der Waals surface area contributed by atoms with Crippen LogP contribution >= 0.6 is 23.2 Å². The van der Waals surface area contributed by atoms with E-state index in [0.29, 0.717) is 6.54 Å². The van der Waals surface area contributed by atoms with Gasteiger partial charge in [0, 0.05) is 6.54 Å². The zero-order chi connectivity index (χ0) is 12.3. The molecule has 1 atom stereocenters. The number of rotatable bonds is 4. The molecule has 1 amide bonds. The second-order valence-corrected chi connectivity index (χ2v) is 5.15. The van der Waals surface area contributed by atoms with Crippen LogP contribution in [-0.2, 0) is 9.53 Å². The summed E-state index contributed by atoms with van der Waals surface area (Å²) in [6, 6.07) is 0. The lowest BCUT2D eigenvalue weighted by atomic mass is 10.1. The summed E-state index contributed by atoms with van der Waals surface area (Å²) in [5.41, 5.74) is -0.514. The molecule has 0 aromatic carbocycles. The van der Waals surface area contributed by atoms with E-state index in [4.69, 9.17) is 27.9 Å². The molecule has 0 bridgehead atoms. The zero-order valence-electron chi connectivity index (χ0n) is 10.0. The monoisotopic (exact) mass is 267 g/mol. The van der Waals surface area contributed by atoms with E-state index in [1.165, 1.54) is 0 Å². The molecular formula is C11H19Cl2NO2. The van der Waals surface area contributed by atoms with E-state index >= 15 is 0 Å². The van der Waals surface area contributed by atoms with Gasteiger partial charge in [-0.25, -0.2) is 0 Å². The lowest BCUT2D eigenvalue weighted by Gasteiger charge is -2.35. The molecule has 0 saturated carbocycles. The number of hydrogen-bond acceptors (Lipinski definition) is 2. The average Bonchev–Trinajstić information content (AvgIpc) is 2.67. The van der Waals surface area contributed by atoms with Gasteiger partial charge in [-0.1, -0.05) is 44.0 Å². The average molecular weight is 268 g/mol. The van der Waals surface area contributed by atoms with Crippen molar-refractivity contribution in [3.05, 3.63) is 0 Å². The van der Waals surface area contributed by atoms with Gasteiger partial charge in [-0.15, -0.1) is 0 Å². The number of alkyl halides is 2. The Morgan fingerprint density at radius 3 is 2.38 bits per heavy atom. The van der Waals surface area contributed by atoms with Crippen LogP contribution in [0.1, 0.15) is 40.0 Å². The molecule has 1 aliphatic heterocycles. The fourth-order valence-corrected chi connectivity index (χ4v) is 2.44. The van der Waals surface area contributed by atoms with Crippen LogP contribution in [0.2, 0.25) is 0 Å². The standard InChI is InChI=1S/C11H19Cl2NO2/c1-4-8-7-14(10(15)9(12)13)11(5-2,6-3)16-8/h8-9H,4-7H2,1-3H3. The molecule has 0 aliphatic carbocycles. The molecular weight excluding hydrogens is 249 g/mol. The van der Waals surface area contributed by atoms with Gasteiger partial charge in [0.1, 0.15) is 5.72 Å². The third-order valence-corrected chi connectivity index (χ3v) is 3.65. The van der Waals surface area contributed by atoms with Gasteiger partial charge >= 0.3 is 0 Å². The molecule has 0 N–H and O–H groups in total. The highest BCUT2D eigenvalue weighted by molar-refractivity contribution is 6.53. The number of carbonyl (C=O) groups is 1. The van der Waals surface area contributed by atoms with Crippen LogP contribution in [0.5, 0.6) is 0 Å². The number of amides is 1. The minimum absolute atomic E-state index is 0.0935. The number of ether oxygens (including phenoxy) is 1. The zero-order valence-corrected chi connectivity index (χ0v) is 11.5. The topological polar surface area (TPSA) is 29.5 Å². The van der Waals surface area contributed by atoms with Gasteiger partial charge in [-0.2, -0.15) is 0 Å². The largest absolute Gasteiger partial charge is 0.351 e. The quantitative estimate of drug-likeness (QED) is 0.734. The third kappa shape index (κ3) is 2.47. The van der Waals surface area contributed by atoms with Crippen molar-refractivity contribution in [2.75, 3.05) is 6.54 Å². The summed E-state index contributed by atoms with van der Waals surface area (Å²) in [4.78, 5) is 12.6. The molecule has 0 spiro atoms. The molecule has 1 unspecified atom stereocenters. The maximum Gasteiger partial charge on any atom is 0.258 e. The van der Waals surface area contributed by atoms with Gasteiger partial charge in [0.25, 0.3) is 5.91 Å². The summed E-state index contributed by atoms with van der Waals surface area (Å²) in [7, 11) is 0. The summed E-state index contributed by atoms with van der Waals surface area (Å²) in [5, 5.41) is 0. The molecule has 0 radical (unpaired) electrons. The van der Waals surface area contributed by atoms with Crippen LogP contribution in [0.15, 0.2) is 0 Å². The van der Waals surface area contributed by atoms with E-state index in [1.807, 2.05) is 20.8 Å². The van der Waals surface area contributed by atoms with Crippen LogP contribution in [0.3, 0.4) is 0 Å². The SMILES string of the molecule is CCC1CN(C(=O)C(Cl)Cl)C(CC)(CC)O1. The molecule has 1 fully saturated rings. The Kier molecular flexibility index (Phi) is 4.89. The van der Waals surface area contributed by atoms with Crippen molar-refractivity contribution in [1.82, 2.24) is 4.90 Å². The van der Waals surface area contributed by atoms with Crippen molar-refractivity contribution < 1.29 is 9.53 Å². The Balaban J connectivity index is 2.91. The van der Waals surface area contributed by atoms with Crippen molar-refractivity contribution in [2.45, 2.75) is 56.7 Å². The van der Waals surface area contributed by atoms with E-state index in [9.17, 15) is 4.79 Å². The van der Waals surface area contributed by atoms with Crippen LogP contribution in [0, 0.1) is 0 Å². The first-order valence-corrected chi connectivity index (χ1v) is 6.65. The van der Waals surface area contributed by atoms with Gasteiger partial charge in [0.05, 0.1) is 6.10 Å². The predicted octanol–water partition coefficient (Wildman–Crippen LogP) is 2.94. The summed E-state index contributed by atoms with van der Waals surface area (Å²) >= 11 is 11.3. The fraction of sp³-hybridized carbons (Fsp3) is 0.909. The predicted molar refractivity (Wildman–Crippen MR) is 65.7 cm³/mol. The van der Waals surface area contributed by atoms with Gasteiger partial charge in [0.2, 0.25) is 0 Å². The van der Waals surface area contributed by atoms with Gasteiger partial charge in [0.15, 0.2) is 4.84 Å². The molecule has 1 aliphatic rings. The first kappa shape index (κ1) is 14.1. The number of halogens is 2. The molecule has 0 aromatic rings. The summed E-state index contributed by atoms with van der Waals surface area (Å²) in [5.74, 6) is -0.247. The first-order chi connectivity index (χ1) is 7.50. The Morgan fingerprint density at radius 2 is 2.00 bits per heavy atom. The molecule has 1 rings (SSSR count). The molecule has 1 heterocycles. The minimum atomic E-state index is -1.00. The van der Waals surface area contributed by atoms with Crippen LogP contribution < -0.4 is 0 Å². The maximum absolute atomic E-state index is 11.9. The molecule has 16 heavy (non-hydrogen) atoms. The Hall–Kier alpha value is 0.01000. The molecule has 0 aromatic heterocycles. The Labute approximate surface area is 107 Å². The van der Waals surface area contributed by atoms with Crippen molar-refractivity contribution in [1.29, 1.82) is 0 Å². The minimum Gasteiger partial charge on any atom is -0.351 e. The van der Waals surface area contributed by atoms with Gasteiger partial charge < -0.3 is 9.64 Å². The summed E-state index contributed by atoms with van der Waals surface area (Å²) < 4.78 is 5.97. The van der Waals surface area contributed by atoms with E-state index < -0.39 is 10.6 Å². The van der Waals surface area contributed by atoms with Crippen molar-refractivity contribution in [3.63, 3.8) is 0 Å². The van der Waals surface area contributed by atoms with E-state index in [0.717, 1.165) is 19.3 Å². The maximum atomic E-state index is 11.9. The number of hydrogen-bond donors (Lipinski definition) is 0. The van der Waals surface area contributed by atoms with Crippen molar-refractivity contribution in [3.8, 4) is 0 Å². The molecule has 1 saturated heterocycles. The summed E-state index contributed by atoms with van der Waals surface area (Å²) in [6.07, 6.45) is 2.50. The van der Waals surface area contributed by atoms with Crippen LogP contribution in [0.25, 0.3) is 0 Å². The van der Waals surface area contributed by atoms with E-state index in [2.05, 4.69) is 0 Å². The van der Waals surface area contributed by atoms with Gasteiger partial charge in [-0.05, 0) is 19.3 Å².